The molecule has 7 heteroatoms. The molecule has 0 saturated heterocycles. The van der Waals surface area contributed by atoms with E-state index < -0.39 is 4.92 Å². The molecule has 0 radical (unpaired) electrons. The van der Waals surface area contributed by atoms with Crippen molar-refractivity contribution in [3.05, 3.63) is 15.8 Å². The Bertz CT molecular complexity index is 423. The zero-order valence-corrected chi connectivity index (χ0v) is 11.0. The number of hydrogen-bond acceptors (Lipinski definition) is 6. The minimum atomic E-state index is -0.452. The quantitative estimate of drug-likeness (QED) is 0.376. The first-order valence-electron chi connectivity index (χ1n) is 5.33. The van der Waals surface area contributed by atoms with E-state index >= 15 is 0 Å². The van der Waals surface area contributed by atoms with E-state index in [1.165, 1.54) is 11.8 Å². The van der Waals surface area contributed by atoms with E-state index in [9.17, 15) is 10.1 Å². The number of nitrogens with two attached hydrogens (primary N) is 1. The fourth-order valence-corrected chi connectivity index (χ4v) is 2.56. The van der Waals surface area contributed by atoms with E-state index in [-0.39, 0.29) is 11.6 Å². The Morgan fingerprint density at radius 2 is 2.12 bits per heavy atom. The Morgan fingerprint density at radius 1 is 1.47 bits per heavy atom. The Labute approximate surface area is 104 Å². The molecule has 1 heterocycles. The van der Waals surface area contributed by atoms with Crippen molar-refractivity contribution in [2.45, 2.75) is 32.2 Å². The van der Waals surface area contributed by atoms with Crippen LogP contribution < -0.4 is 5.73 Å². The van der Waals surface area contributed by atoms with Gasteiger partial charge in [-0.1, -0.05) is 25.6 Å². The molecule has 0 aliphatic heterocycles. The summed E-state index contributed by atoms with van der Waals surface area (Å²) >= 11 is 1.36. The van der Waals surface area contributed by atoms with E-state index in [1.54, 1.807) is 6.92 Å². The van der Waals surface area contributed by atoms with Gasteiger partial charge in [0.2, 0.25) is 5.95 Å². The maximum absolute atomic E-state index is 10.9. The Hall–Kier alpha value is -1.37. The second-order valence-corrected chi connectivity index (χ2v) is 5.19. The van der Waals surface area contributed by atoms with Gasteiger partial charge < -0.3 is 5.73 Å². The molecule has 0 bridgehead atoms. The summed E-state index contributed by atoms with van der Waals surface area (Å²) in [5.74, 6) is 1.43. The molecule has 0 fully saturated rings. The van der Waals surface area contributed by atoms with Crippen LogP contribution in [0.25, 0.3) is 0 Å². The van der Waals surface area contributed by atoms with Crippen molar-refractivity contribution in [1.82, 2.24) is 9.97 Å². The van der Waals surface area contributed by atoms with E-state index in [1.807, 2.05) is 0 Å². The first-order chi connectivity index (χ1) is 7.91. The minimum absolute atomic E-state index is 0.0343. The third kappa shape index (κ3) is 3.85. The van der Waals surface area contributed by atoms with Crippen LogP contribution in [-0.4, -0.2) is 20.6 Å². The van der Waals surface area contributed by atoms with Gasteiger partial charge in [0.05, 0.1) is 4.92 Å². The summed E-state index contributed by atoms with van der Waals surface area (Å²) in [6.07, 6.45) is 0.977. The third-order valence-electron chi connectivity index (χ3n) is 2.16. The average molecular weight is 256 g/mol. The van der Waals surface area contributed by atoms with Crippen molar-refractivity contribution in [2.24, 2.45) is 5.92 Å². The average Bonchev–Trinajstić information content (AvgIpc) is 2.14. The first kappa shape index (κ1) is 13.7. The van der Waals surface area contributed by atoms with Gasteiger partial charge in [-0.15, -0.1) is 0 Å². The first-order valence-corrected chi connectivity index (χ1v) is 6.31. The van der Waals surface area contributed by atoms with Crippen LogP contribution in [0.5, 0.6) is 0 Å². The number of rotatable bonds is 5. The summed E-state index contributed by atoms with van der Waals surface area (Å²) in [4.78, 5) is 18.2. The van der Waals surface area contributed by atoms with Gasteiger partial charge in [-0.3, -0.25) is 10.1 Å². The predicted molar refractivity (Wildman–Crippen MR) is 68.0 cm³/mol. The topological polar surface area (TPSA) is 94.9 Å². The highest BCUT2D eigenvalue weighted by Gasteiger charge is 2.21. The van der Waals surface area contributed by atoms with Crippen LogP contribution in [0.1, 0.15) is 26.0 Å². The van der Waals surface area contributed by atoms with Crippen LogP contribution in [-0.2, 0) is 0 Å². The smallest absolute Gasteiger partial charge is 0.322 e. The van der Waals surface area contributed by atoms with Gasteiger partial charge in [-0.2, -0.15) is 4.98 Å². The lowest BCUT2D eigenvalue weighted by atomic mass is 10.2. The third-order valence-corrected chi connectivity index (χ3v) is 3.16. The lowest BCUT2D eigenvalue weighted by Gasteiger charge is -2.06. The van der Waals surface area contributed by atoms with Crippen molar-refractivity contribution in [2.75, 3.05) is 11.5 Å². The van der Waals surface area contributed by atoms with E-state index in [0.717, 1.165) is 12.2 Å². The molecular weight excluding hydrogens is 240 g/mol. The Balaban J connectivity index is 2.92. The second kappa shape index (κ2) is 5.81. The van der Waals surface area contributed by atoms with Crippen molar-refractivity contribution < 1.29 is 4.92 Å². The molecule has 6 nitrogen and oxygen atoms in total. The highest BCUT2D eigenvalue weighted by Crippen LogP contribution is 2.30. The van der Waals surface area contributed by atoms with Gasteiger partial charge in [-0.05, 0) is 25.0 Å². The number of anilines is 1. The molecular formula is C10H16N4O2S. The van der Waals surface area contributed by atoms with Gasteiger partial charge in [0.25, 0.3) is 0 Å². The summed E-state index contributed by atoms with van der Waals surface area (Å²) in [6, 6.07) is 0. The summed E-state index contributed by atoms with van der Waals surface area (Å²) in [5.41, 5.74) is 5.78. The molecule has 0 unspecified atom stereocenters. The molecule has 1 rings (SSSR count). The SMILES string of the molecule is Cc1nc(N)nc(SCCC(C)C)c1[N+](=O)[O-]. The molecule has 0 aliphatic rings. The van der Waals surface area contributed by atoms with Gasteiger partial charge in [0.1, 0.15) is 5.69 Å². The zero-order valence-electron chi connectivity index (χ0n) is 10.1. The summed E-state index contributed by atoms with van der Waals surface area (Å²) in [7, 11) is 0. The van der Waals surface area contributed by atoms with Crippen molar-refractivity contribution in [1.29, 1.82) is 0 Å². The lowest BCUT2D eigenvalue weighted by Crippen LogP contribution is -2.04. The number of nitrogens with zero attached hydrogens (tertiary/aromatic N) is 3. The minimum Gasteiger partial charge on any atom is -0.368 e. The number of aryl methyl sites for hydroxylation is 1. The molecule has 0 atom stereocenters. The standard InChI is InChI=1S/C10H16N4O2S/c1-6(2)4-5-17-9-8(14(15)16)7(3)12-10(11)13-9/h6H,4-5H2,1-3H3,(H2,11,12,13). The molecule has 0 amide bonds. The molecule has 0 spiro atoms. The number of hydrogen-bond donors (Lipinski definition) is 1. The van der Waals surface area contributed by atoms with E-state index in [4.69, 9.17) is 5.73 Å². The fraction of sp³-hybridized carbons (Fsp3) is 0.600. The number of aromatic nitrogens is 2. The summed E-state index contributed by atoms with van der Waals surface area (Å²) in [5, 5.41) is 11.3. The van der Waals surface area contributed by atoms with Crippen molar-refractivity contribution >= 4 is 23.4 Å². The van der Waals surface area contributed by atoms with E-state index in [0.29, 0.717) is 16.6 Å². The molecule has 94 valence electrons. The molecule has 0 saturated carbocycles. The monoisotopic (exact) mass is 256 g/mol. The second-order valence-electron chi connectivity index (χ2n) is 4.11. The molecule has 17 heavy (non-hydrogen) atoms. The predicted octanol–water partition coefficient (Wildman–Crippen LogP) is 2.41. The molecule has 1 aromatic heterocycles. The Kier molecular flexibility index (Phi) is 4.68. The number of nitro groups is 1. The highest BCUT2D eigenvalue weighted by molar-refractivity contribution is 7.99. The molecule has 0 aliphatic carbocycles. The van der Waals surface area contributed by atoms with Crippen molar-refractivity contribution in [3.8, 4) is 0 Å². The van der Waals surface area contributed by atoms with Crippen LogP contribution in [0.3, 0.4) is 0 Å². The van der Waals surface area contributed by atoms with Gasteiger partial charge >= 0.3 is 5.69 Å². The maximum atomic E-state index is 10.9. The molecule has 2 N–H and O–H groups in total. The van der Waals surface area contributed by atoms with Crippen LogP contribution >= 0.6 is 11.8 Å². The van der Waals surface area contributed by atoms with Crippen LogP contribution in [0.15, 0.2) is 5.03 Å². The number of nitrogen functional groups attached to an aromatic ring is 1. The molecule has 1 aromatic rings. The normalized spacial score (nSPS) is 10.8. The number of thioether (sulfide) groups is 1. The van der Waals surface area contributed by atoms with Gasteiger partial charge in [0.15, 0.2) is 5.03 Å². The van der Waals surface area contributed by atoms with Crippen LogP contribution in [0, 0.1) is 23.0 Å². The van der Waals surface area contributed by atoms with Gasteiger partial charge in [-0.25, -0.2) is 4.98 Å². The highest BCUT2D eigenvalue weighted by atomic mass is 32.2. The van der Waals surface area contributed by atoms with Crippen molar-refractivity contribution in [3.63, 3.8) is 0 Å². The Morgan fingerprint density at radius 3 is 2.65 bits per heavy atom. The van der Waals surface area contributed by atoms with Crippen LogP contribution in [0.4, 0.5) is 11.6 Å². The summed E-state index contributed by atoms with van der Waals surface area (Å²) < 4.78 is 0. The fourth-order valence-electron chi connectivity index (χ4n) is 1.26. The largest absolute Gasteiger partial charge is 0.368 e. The lowest BCUT2D eigenvalue weighted by molar-refractivity contribution is -0.389. The zero-order chi connectivity index (χ0) is 13.0. The maximum Gasteiger partial charge on any atom is 0.322 e. The molecule has 0 aromatic carbocycles. The van der Waals surface area contributed by atoms with E-state index in [2.05, 4.69) is 23.8 Å². The van der Waals surface area contributed by atoms with Gasteiger partial charge in [0, 0.05) is 0 Å². The van der Waals surface area contributed by atoms with Crippen LogP contribution in [0.2, 0.25) is 0 Å². The summed E-state index contributed by atoms with van der Waals surface area (Å²) in [6.45, 7) is 5.78.